The van der Waals surface area contributed by atoms with Crippen LogP contribution in [0.1, 0.15) is 59.3 Å². The molecule has 0 bridgehead atoms. The van der Waals surface area contributed by atoms with Gasteiger partial charge in [-0.25, -0.2) is 0 Å². The zero-order valence-corrected chi connectivity index (χ0v) is 23.2. The SMILES string of the molecule is COCC(=O)N[C@H]1CC(C)(C)[C@@H]2C[C@](C)(O)CC[C@@]12CCC(=O)N1CCN(c2ccccc2OC)CC1. The molecule has 4 rings (SSSR count). The van der Waals surface area contributed by atoms with Crippen molar-refractivity contribution >= 4 is 17.5 Å². The summed E-state index contributed by atoms with van der Waals surface area (Å²) in [4.78, 5) is 30.3. The molecule has 8 heteroatoms. The molecule has 3 aliphatic rings. The summed E-state index contributed by atoms with van der Waals surface area (Å²) in [5, 5.41) is 14.2. The number of piperazine rings is 1. The maximum atomic E-state index is 13.4. The molecule has 0 spiro atoms. The zero-order chi connectivity index (χ0) is 26.8. The van der Waals surface area contributed by atoms with Crippen LogP contribution in [0.4, 0.5) is 5.69 Å². The fraction of sp³-hybridized carbons (Fsp3) is 0.724. The Balaban J connectivity index is 1.44. The summed E-state index contributed by atoms with van der Waals surface area (Å²) in [6.07, 6.45) is 4.21. The molecule has 1 heterocycles. The van der Waals surface area contributed by atoms with Gasteiger partial charge in [0.05, 0.1) is 18.4 Å². The van der Waals surface area contributed by atoms with Crippen molar-refractivity contribution in [3.63, 3.8) is 0 Å². The maximum Gasteiger partial charge on any atom is 0.246 e. The van der Waals surface area contributed by atoms with Crippen LogP contribution >= 0.6 is 0 Å². The van der Waals surface area contributed by atoms with Crippen molar-refractivity contribution in [2.24, 2.45) is 16.7 Å². The van der Waals surface area contributed by atoms with E-state index in [0.717, 1.165) is 43.8 Å². The number of hydrogen-bond acceptors (Lipinski definition) is 6. The van der Waals surface area contributed by atoms with Crippen LogP contribution in [-0.2, 0) is 14.3 Å². The largest absolute Gasteiger partial charge is 0.495 e. The molecular weight excluding hydrogens is 470 g/mol. The van der Waals surface area contributed by atoms with Gasteiger partial charge in [-0.2, -0.15) is 0 Å². The number of rotatable bonds is 8. The minimum Gasteiger partial charge on any atom is -0.495 e. The van der Waals surface area contributed by atoms with E-state index >= 15 is 0 Å². The van der Waals surface area contributed by atoms with Gasteiger partial charge in [-0.1, -0.05) is 26.0 Å². The van der Waals surface area contributed by atoms with Gasteiger partial charge in [0, 0.05) is 45.8 Å². The molecule has 4 atom stereocenters. The summed E-state index contributed by atoms with van der Waals surface area (Å²) >= 11 is 0. The molecule has 1 aromatic carbocycles. The Kier molecular flexibility index (Phi) is 8.10. The summed E-state index contributed by atoms with van der Waals surface area (Å²) in [7, 11) is 3.21. The number of carbonyl (C=O) groups is 2. The molecule has 8 nitrogen and oxygen atoms in total. The Morgan fingerprint density at radius 3 is 2.43 bits per heavy atom. The second-order valence-electron chi connectivity index (χ2n) is 12.3. The maximum absolute atomic E-state index is 13.4. The minimum atomic E-state index is -0.713. The second kappa shape index (κ2) is 10.8. The number of nitrogens with one attached hydrogen (secondary N) is 1. The van der Waals surface area contributed by atoms with Crippen molar-refractivity contribution in [2.45, 2.75) is 70.9 Å². The first kappa shape index (κ1) is 27.7. The quantitative estimate of drug-likeness (QED) is 0.553. The third kappa shape index (κ3) is 5.75. The Morgan fingerprint density at radius 2 is 1.76 bits per heavy atom. The lowest BCUT2D eigenvalue weighted by molar-refractivity contribution is -0.134. The monoisotopic (exact) mass is 515 g/mol. The molecule has 206 valence electrons. The van der Waals surface area contributed by atoms with E-state index in [-0.39, 0.29) is 41.2 Å². The molecule has 0 aromatic heterocycles. The van der Waals surface area contributed by atoms with Gasteiger partial charge in [-0.3, -0.25) is 9.59 Å². The van der Waals surface area contributed by atoms with E-state index in [0.29, 0.717) is 32.4 Å². The molecule has 0 radical (unpaired) electrons. The molecule has 1 aliphatic heterocycles. The highest BCUT2D eigenvalue weighted by Gasteiger charge is 2.61. The normalized spacial score (nSPS) is 31.1. The number of nitrogens with zero attached hydrogens (tertiary/aromatic N) is 2. The van der Waals surface area contributed by atoms with Gasteiger partial charge in [-0.15, -0.1) is 0 Å². The number of ether oxygens (including phenoxy) is 2. The van der Waals surface area contributed by atoms with Gasteiger partial charge >= 0.3 is 0 Å². The van der Waals surface area contributed by atoms with Crippen LogP contribution in [-0.4, -0.2) is 80.5 Å². The molecule has 0 unspecified atom stereocenters. The van der Waals surface area contributed by atoms with E-state index in [1.54, 1.807) is 7.11 Å². The molecule has 37 heavy (non-hydrogen) atoms. The average molecular weight is 516 g/mol. The van der Waals surface area contributed by atoms with Gasteiger partial charge in [0.15, 0.2) is 0 Å². The highest BCUT2D eigenvalue weighted by Crippen LogP contribution is 2.63. The van der Waals surface area contributed by atoms with E-state index in [1.807, 2.05) is 30.0 Å². The predicted octanol–water partition coefficient (Wildman–Crippen LogP) is 3.22. The average Bonchev–Trinajstić information content (AvgIpc) is 3.07. The third-order valence-electron chi connectivity index (χ3n) is 9.31. The summed E-state index contributed by atoms with van der Waals surface area (Å²) in [5.41, 5.74) is 0.106. The molecule has 1 aromatic rings. The predicted molar refractivity (Wildman–Crippen MR) is 144 cm³/mol. The highest BCUT2D eigenvalue weighted by molar-refractivity contribution is 5.78. The fourth-order valence-corrected chi connectivity index (χ4v) is 7.39. The summed E-state index contributed by atoms with van der Waals surface area (Å²) < 4.78 is 10.6. The van der Waals surface area contributed by atoms with Gasteiger partial charge in [0.2, 0.25) is 11.8 Å². The van der Waals surface area contributed by atoms with E-state index in [9.17, 15) is 14.7 Å². The lowest BCUT2D eigenvalue weighted by Gasteiger charge is -2.51. The first-order valence-electron chi connectivity index (χ1n) is 13.7. The Bertz CT molecular complexity index is 972. The van der Waals surface area contributed by atoms with Crippen molar-refractivity contribution in [1.82, 2.24) is 10.2 Å². The first-order valence-corrected chi connectivity index (χ1v) is 13.7. The molecule has 2 saturated carbocycles. The smallest absolute Gasteiger partial charge is 0.246 e. The van der Waals surface area contributed by atoms with Crippen LogP contribution in [0.15, 0.2) is 24.3 Å². The number of aliphatic hydroxyl groups is 1. The van der Waals surface area contributed by atoms with Crippen molar-refractivity contribution < 1.29 is 24.2 Å². The van der Waals surface area contributed by atoms with Crippen molar-refractivity contribution in [3.05, 3.63) is 24.3 Å². The standard InChI is InChI=1S/C29H45N3O5/c1-27(2)19-24(30-25(33)20-36-4)29(13-12-28(3,35)18-23(27)29)11-10-26(34)32-16-14-31(15-17-32)21-8-6-7-9-22(21)37-5/h6-9,23-24,35H,10-20H2,1-5H3,(H,30,33)/t23-,24-,28+,29+/m0/s1. The number of carbonyl (C=O) groups excluding carboxylic acids is 2. The Hall–Kier alpha value is -2.32. The summed E-state index contributed by atoms with van der Waals surface area (Å²) in [5.74, 6) is 1.15. The van der Waals surface area contributed by atoms with Gasteiger partial charge in [-0.05, 0) is 67.9 Å². The summed E-state index contributed by atoms with van der Waals surface area (Å²) in [6.45, 7) is 9.35. The molecule has 2 N–H and O–H groups in total. The molecule has 3 fully saturated rings. The van der Waals surface area contributed by atoms with Crippen molar-refractivity contribution in [3.8, 4) is 5.75 Å². The highest BCUT2D eigenvalue weighted by atomic mass is 16.5. The third-order valence-corrected chi connectivity index (χ3v) is 9.31. The molecular formula is C29H45N3O5. The lowest BCUT2D eigenvalue weighted by Crippen LogP contribution is -2.53. The van der Waals surface area contributed by atoms with Crippen LogP contribution in [0.3, 0.4) is 0 Å². The number of methoxy groups -OCH3 is 2. The van der Waals surface area contributed by atoms with Crippen LogP contribution in [0.2, 0.25) is 0 Å². The number of benzene rings is 1. The second-order valence-corrected chi connectivity index (χ2v) is 12.3. The van der Waals surface area contributed by atoms with Crippen LogP contribution in [0, 0.1) is 16.7 Å². The number of anilines is 1. The summed E-state index contributed by atoms with van der Waals surface area (Å²) in [6, 6.07) is 7.98. The van der Waals surface area contributed by atoms with Crippen LogP contribution in [0.25, 0.3) is 0 Å². The van der Waals surface area contributed by atoms with E-state index < -0.39 is 5.60 Å². The molecule has 2 aliphatic carbocycles. The Morgan fingerprint density at radius 1 is 1.05 bits per heavy atom. The first-order chi connectivity index (χ1) is 17.5. The number of amides is 2. The Labute approximate surface area is 221 Å². The van der Waals surface area contributed by atoms with Crippen LogP contribution < -0.4 is 15.0 Å². The van der Waals surface area contributed by atoms with Gasteiger partial charge in [0.1, 0.15) is 12.4 Å². The number of para-hydroxylation sites is 2. The zero-order valence-electron chi connectivity index (χ0n) is 23.2. The van der Waals surface area contributed by atoms with E-state index in [4.69, 9.17) is 9.47 Å². The van der Waals surface area contributed by atoms with Gasteiger partial charge < -0.3 is 29.7 Å². The number of hydrogen-bond donors (Lipinski definition) is 2. The number of fused-ring (bicyclic) bond motifs is 1. The van der Waals surface area contributed by atoms with Crippen molar-refractivity contribution in [2.75, 3.05) is 51.9 Å². The molecule has 1 saturated heterocycles. The minimum absolute atomic E-state index is 0.0264. The fourth-order valence-electron chi connectivity index (χ4n) is 7.39. The van der Waals surface area contributed by atoms with Gasteiger partial charge in [0.25, 0.3) is 0 Å². The van der Waals surface area contributed by atoms with Crippen LogP contribution in [0.5, 0.6) is 5.75 Å². The van der Waals surface area contributed by atoms with Crippen molar-refractivity contribution in [1.29, 1.82) is 0 Å². The molecule has 2 amide bonds. The lowest BCUT2D eigenvalue weighted by atomic mass is 9.57. The van der Waals surface area contributed by atoms with E-state index in [1.165, 1.54) is 7.11 Å². The van der Waals surface area contributed by atoms with E-state index in [2.05, 4.69) is 30.1 Å². The topological polar surface area (TPSA) is 91.3 Å².